The zero-order valence-electron chi connectivity index (χ0n) is 11.7. The van der Waals surface area contributed by atoms with Crippen LogP contribution in [0.3, 0.4) is 0 Å². The van der Waals surface area contributed by atoms with Gasteiger partial charge in [0.05, 0.1) is 5.69 Å². The van der Waals surface area contributed by atoms with Crippen LogP contribution >= 0.6 is 0 Å². The van der Waals surface area contributed by atoms with Crippen molar-refractivity contribution in [2.24, 2.45) is 0 Å². The fourth-order valence-electron chi connectivity index (χ4n) is 2.06. The van der Waals surface area contributed by atoms with Crippen LogP contribution in [0.25, 0.3) is 5.65 Å². The first kappa shape index (κ1) is 14.0. The maximum absolute atomic E-state index is 12.3. The Bertz CT molecular complexity index is 676. The van der Waals surface area contributed by atoms with Gasteiger partial charge in [-0.25, -0.2) is 4.98 Å². The van der Waals surface area contributed by atoms with Crippen LogP contribution in [-0.4, -0.2) is 32.4 Å². The largest absolute Gasteiger partial charge is 0.480 e. The van der Waals surface area contributed by atoms with Gasteiger partial charge in [0.1, 0.15) is 17.4 Å². The Morgan fingerprint density at radius 1 is 1.50 bits per heavy atom. The Morgan fingerprint density at radius 3 is 2.80 bits per heavy atom. The van der Waals surface area contributed by atoms with Gasteiger partial charge >= 0.3 is 5.97 Å². The van der Waals surface area contributed by atoms with Crippen LogP contribution in [0.2, 0.25) is 0 Å². The van der Waals surface area contributed by atoms with E-state index >= 15 is 0 Å². The molecule has 6 nitrogen and oxygen atoms in total. The molecule has 2 aromatic heterocycles. The van der Waals surface area contributed by atoms with Gasteiger partial charge in [-0.3, -0.25) is 14.0 Å². The Labute approximate surface area is 116 Å². The smallest absolute Gasteiger partial charge is 0.325 e. The number of imidazole rings is 1. The van der Waals surface area contributed by atoms with Crippen LogP contribution in [0, 0.1) is 6.92 Å². The summed E-state index contributed by atoms with van der Waals surface area (Å²) in [5, 5.41) is 11.3. The second-order valence-electron chi connectivity index (χ2n) is 4.68. The highest BCUT2D eigenvalue weighted by Crippen LogP contribution is 2.16. The summed E-state index contributed by atoms with van der Waals surface area (Å²) in [6.45, 7) is 5.26. The lowest BCUT2D eigenvalue weighted by atomic mass is 10.2. The van der Waals surface area contributed by atoms with Crippen LogP contribution in [0.5, 0.6) is 0 Å². The number of amides is 1. The number of aromatic nitrogens is 2. The molecule has 1 unspecified atom stereocenters. The molecule has 2 rings (SSSR count). The van der Waals surface area contributed by atoms with Crippen molar-refractivity contribution >= 4 is 17.5 Å². The molecule has 0 radical (unpaired) electrons. The molecule has 106 valence electrons. The van der Waals surface area contributed by atoms with Crippen LogP contribution in [0.1, 0.15) is 35.6 Å². The molecule has 6 heteroatoms. The van der Waals surface area contributed by atoms with Crippen molar-refractivity contribution in [1.82, 2.24) is 14.7 Å². The third-order valence-corrected chi connectivity index (χ3v) is 3.19. The average molecular weight is 275 g/mol. The van der Waals surface area contributed by atoms with Crippen molar-refractivity contribution in [3.63, 3.8) is 0 Å². The van der Waals surface area contributed by atoms with Crippen molar-refractivity contribution in [3.8, 4) is 0 Å². The highest BCUT2D eigenvalue weighted by molar-refractivity contribution is 5.97. The first-order valence-electron chi connectivity index (χ1n) is 6.46. The quantitative estimate of drug-likeness (QED) is 0.883. The Kier molecular flexibility index (Phi) is 3.74. The maximum Gasteiger partial charge on any atom is 0.325 e. The summed E-state index contributed by atoms with van der Waals surface area (Å²) in [5.41, 5.74) is 2.75. The second kappa shape index (κ2) is 5.32. The monoisotopic (exact) mass is 275 g/mol. The summed E-state index contributed by atoms with van der Waals surface area (Å²) in [5.74, 6) is -1.49. The summed E-state index contributed by atoms with van der Waals surface area (Å²) in [4.78, 5) is 27.6. The fourth-order valence-corrected chi connectivity index (χ4v) is 2.06. The number of carbonyl (C=O) groups excluding carboxylic acids is 1. The third-order valence-electron chi connectivity index (χ3n) is 3.19. The molecule has 1 atom stereocenters. The number of aliphatic carboxylic acids is 1. The molecular formula is C14H17N3O3. The van der Waals surface area contributed by atoms with Gasteiger partial charge in [-0.1, -0.05) is 13.0 Å². The standard InChI is InChI=1S/C14H17N3O3/c1-4-10-11(13(18)15-9(3)14(19)20)17-7-5-6-8(2)12(17)16-10/h5-7,9H,4H2,1-3H3,(H,15,18)(H,19,20). The van der Waals surface area contributed by atoms with E-state index in [0.29, 0.717) is 17.8 Å². The number of pyridine rings is 1. The molecule has 0 spiro atoms. The van der Waals surface area contributed by atoms with Crippen LogP contribution < -0.4 is 5.32 Å². The van der Waals surface area contributed by atoms with Gasteiger partial charge < -0.3 is 10.4 Å². The van der Waals surface area contributed by atoms with Crippen molar-refractivity contribution in [3.05, 3.63) is 35.3 Å². The van der Waals surface area contributed by atoms with Gasteiger partial charge in [-0.15, -0.1) is 0 Å². The molecule has 0 aliphatic rings. The molecule has 0 bridgehead atoms. The van der Waals surface area contributed by atoms with E-state index in [-0.39, 0.29) is 0 Å². The molecule has 2 heterocycles. The summed E-state index contributed by atoms with van der Waals surface area (Å²) in [6.07, 6.45) is 2.36. The van der Waals surface area contributed by atoms with Crippen molar-refractivity contribution in [2.45, 2.75) is 33.2 Å². The molecule has 0 saturated heterocycles. The van der Waals surface area contributed by atoms with E-state index in [9.17, 15) is 9.59 Å². The number of carboxylic acid groups (broad SMARTS) is 1. The zero-order valence-corrected chi connectivity index (χ0v) is 11.7. The zero-order chi connectivity index (χ0) is 14.9. The highest BCUT2D eigenvalue weighted by atomic mass is 16.4. The van der Waals surface area contributed by atoms with Crippen LogP contribution in [0.15, 0.2) is 18.3 Å². The van der Waals surface area contributed by atoms with E-state index in [2.05, 4.69) is 10.3 Å². The lowest BCUT2D eigenvalue weighted by Gasteiger charge is -2.10. The first-order chi connectivity index (χ1) is 9.45. The third kappa shape index (κ3) is 2.36. The number of rotatable bonds is 4. The van der Waals surface area contributed by atoms with Gasteiger partial charge in [0.25, 0.3) is 5.91 Å². The molecule has 0 fully saturated rings. The molecular weight excluding hydrogens is 258 g/mol. The van der Waals surface area contributed by atoms with Gasteiger partial charge in [0.15, 0.2) is 0 Å². The maximum atomic E-state index is 12.3. The van der Waals surface area contributed by atoms with Crippen LogP contribution in [0.4, 0.5) is 0 Å². The number of nitrogens with one attached hydrogen (secondary N) is 1. The Balaban J connectivity index is 2.50. The number of fused-ring (bicyclic) bond motifs is 1. The minimum Gasteiger partial charge on any atom is -0.480 e. The van der Waals surface area contributed by atoms with Crippen LogP contribution in [-0.2, 0) is 11.2 Å². The van der Waals surface area contributed by atoms with Gasteiger partial charge in [0.2, 0.25) is 0 Å². The number of carbonyl (C=O) groups is 2. The van der Waals surface area contributed by atoms with E-state index in [1.807, 2.05) is 26.0 Å². The van der Waals surface area contributed by atoms with E-state index in [4.69, 9.17) is 5.11 Å². The van der Waals surface area contributed by atoms with Gasteiger partial charge in [-0.05, 0) is 31.9 Å². The molecule has 0 aliphatic heterocycles. The Morgan fingerprint density at radius 2 is 2.20 bits per heavy atom. The summed E-state index contributed by atoms with van der Waals surface area (Å²) in [7, 11) is 0. The number of hydrogen-bond donors (Lipinski definition) is 2. The number of nitrogens with zero attached hydrogens (tertiary/aromatic N) is 2. The van der Waals surface area contributed by atoms with Crippen molar-refractivity contribution < 1.29 is 14.7 Å². The molecule has 2 aromatic rings. The van der Waals surface area contributed by atoms with E-state index in [1.165, 1.54) is 6.92 Å². The minimum atomic E-state index is -1.07. The lowest BCUT2D eigenvalue weighted by molar-refractivity contribution is -0.138. The normalized spacial score (nSPS) is 12.3. The summed E-state index contributed by atoms with van der Waals surface area (Å²) < 4.78 is 1.71. The Hall–Kier alpha value is -2.37. The molecule has 0 aliphatic carbocycles. The van der Waals surface area contributed by atoms with Crippen molar-refractivity contribution in [2.75, 3.05) is 0 Å². The molecule has 0 aromatic carbocycles. The lowest BCUT2D eigenvalue weighted by Crippen LogP contribution is -2.39. The van der Waals surface area contributed by atoms with Gasteiger partial charge in [0, 0.05) is 6.20 Å². The topological polar surface area (TPSA) is 83.7 Å². The number of carboxylic acids is 1. The first-order valence-corrected chi connectivity index (χ1v) is 6.46. The van der Waals surface area contributed by atoms with Gasteiger partial charge in [-0.2, -0.15) is 0 Å². The van der Waals surface area contributed by atoms with E-state index < -0.39 is 17.9 Å². The highest BCUT2D eigenvalue weighted by Gasteiger charge is 2.22. The predicted molar refractivity (Wildman–Crippen MR) is 73.9 cm³/mol. The van der Waals surface area contributed by atoms with Crippen molar-refractivity contribution in [1.29, 1.82) is 0 Å². The summed E-state index contributed by atoms with van der Waals surface area (Å²) in [6, 6.07) is 2.81. The average Bonchev–Trinajstić information content (AvgIpc) is 2.78. The SMILES string of the molecule is CCc1nc2c(C)cccn2c1C(=O)NC(C)C(=O)O. The van der Waals surface area contributed by atoms with E-state index in [0.717, 1.165) is 11.2 Å². The molecule has 20 heavy (non-hydrogen) atoms. The number of hydrogen-bond acceptors (Lipinski definition) is 3. The second-order valence-corrected chi connectivity index (χ2v) is 4.68. The predicted octanol–water partition coefficient (Wildman–Crippen LogP) is 1.41. The molecule has 0 saturated carbocycles. The fraction of sp³-hybridized carbons (Fsp3) is 0.357. The number of aryl methyl sites for hydroxylation is 2. The molecule has 2 N–H and O–H groups in total. The van der Waals surface area contributed by atoms with E-state index in [1.54, 1.807) is 10.6 Å². The summed E-state index contributed by atoms with van der Waals surface area (Å²) >= 11 is 0. The molecule has 1 amide bonds. The minimum absolute atomic E-state index is 0.402.